The second kappa shape index (κ2) is 5.86. The van der Waals surface area contributed by atoms with Gasteiger partial charge in [-0.05, 0) is 36.8 Å². The molecule has 1 aromatic heterocycles. The maximum Gasteiger partial charge on any atom is 0.0754 e. The predicted molar refractivity (Wildman–Crippen MR) is 76.1 cm³/mol. The molecule has 1 heterocycles. The number of thiophene rings is 1. The number of hydrogen-bond acceptors (Lipinski definition) is 5. The summed E-state index contributed by atoms with van der Waals surface area (Å²) >= 11 is 7.55. The number of carboxylic acids is 1. The molecular formula is C13H10ClN2O2S-. The number of hydrazone groups is 1. The highest BCUT2D eigenvalue weighted by Crippen LogP contribution is 2.23. The molecule has 0 amide bonds. The number of carbonyl (C=O) groups excluding carboxylic acids is 1. The van der Waals surface area contributed by atoms with E-state index in [1.54, 1.807) is 17.6 Å². The molecule has 0 radical (unpaired) electrons. The van der Waals surface area contributed by atoms with Crippen molar-refractivity contribution in [2.24, 2.45) is 5.10 Å². The van der Waals surface area contributed by atoms with Crippen LogP contribution in [0.15, 0.2) is 35.4 Å². The van der Waals surface area contributed by atoms with Crippen molar-refractivity contribution in [2.45, 2.75) is 6.92 Å². The quantitative estimate of drug-likeness (QED) is 0.696. The summed E-state index contributed by atoms with van der Waals surface area (Å²) < 4.78 is 0. The van der Waals surface area contributed by atoms with Crippen molar-refractivity contribution in [3.05, 3.63) is 50.7 Å². The van der Waals surface area contributed by atoms with Crippen LogP contribution in [0.4, 0.5) is 5.69 Å². The van der Waals surface area contributed by atoms with E-state index in [-0.39, 0.29) is 5.56 Å². The molecule has 0 aliphatic rings. The van der Waals surface area contributed by atoms with Crippen molar-refractivity contribution in [1.29, 1.82) is 0 Å². The first kappa shape index (κ1) is 13.6. The van der Waals surface area contributed by atoms with Gasteiger partial charge in [0.25, 0.3) is 0 Å². The highest BCUT2D eigenvalue weighted by molar-refractivity contribution is 7.13. The number of rotatable bonds is 4. The number of nitrogens with zero attached hydrogens (tertiary/aromatic N) is 1. The lowest BCUT2D eigenvalue weighted by molar-refractivity contribution is -0.255. The smallest absolute Gasteiger partial charge is 0.0754 e. The topological polar surface area (TPSA) is 64.5 Å². The Morgan fingerprint density at radius 3 is 2.84 bits per heavy atom. The van der Waals surface area contributed by atoms with Gasteiger partial charge >= 0.3 is 0 Å². The predicted octanol–water partition coefficient (Wildman–Crippen LogP) is 2.52. The van der Waals surface area contributed by atoms with E-state index in [1.807, 2.05) is 19.1 Å². The van der Waals surface area contributed by atoms with Crippen LogP contribution in [-0.4, -0.2) is 12.2 Å². The van der Waals surface area contributed by atoms with Gasteiger partial charge in [0.2, 0.25) is 0 Å². The van der Waals surface area contributed by atoms with Gasteiger partial charge in [0.15, 0.2) is 0 Å². The Labute approximate surface area is 119 Å². The third kappa shape index (κ3) is 3.56. The Kier molecular flexibility index (Phi) is 4.19. The summed E-state index contributed by atoms with van der Waals surface area (Å²) in [5.74, 6) is -1.25. The van der Waals surface area contributed by atoms with Gasteiger partial charge < -0.3 is 9.90 Å². The molecule has 0 aliphatic heterocycles. The molecule has 0 saturated carbocycles. The van der Waals surface area contributed by atoms with Gasteiger partial charge in [0.1, 0.15) is 0 Å². The number of benzene rings is 1. The molecule has 0 atom stereocenters. The fourth-order valence-electron chi connectivity index (χ4n) is 1.43. The zero-order valence-corrected chi connectivity index (χ0v) is 11.6. The number of anilines is 1. The summed E-state index contributed by atoms with van der Waals surface area (Å²) in [6.45, 7) is 2.01. The average molecular weight is 294 g/mol. The van der Waals surface area contributed by atoms with Crippen LogP contribution in [0.1, 0.15) is 20.1 Å². The van der Waals surface area contributed by atoms with E-state index in [1.165, 1.54) is 23.1 Å². The minimum absolute atomic E-state index is 0.0501. The van der Waals surface area contributed by atoms with Gasteiger partial charge in [-0.25, -0.2) is 0 Å². The molecule has 2 aromatic rings. The maximum atomic E-state index is 10.7. The van der Waals surface area contributed by atoms with Crippen molar-refractivity contribution in [1.82, 2.24) is 0 Å². The summed E-state index contributed by atoms with van der Waals surface area (Å²) in [5.41, 5.74) is 3.19. The SMILES string of the molecule is Cc1ccc(/C=N\Nc2cc(C(=O)[O-])ccc2Cl)s1. The molecule has 0 saturated heterocycles. The fraction of sp³-hybridized carbons (Fsp3) is 0.0769. The third-order valence-corrected chi connectivity index (χ3v) is 3.60. The van der Waals surface area contributed by atoms with Crippen LogP contribution < -0.4 is 10.5 Å². The molecule has 0 spiro atoms. The van der Waals surface area contributed by atoms with Crippen LogP contribution in [0, 0.1) is 6.92 Å². The van der Waals surface area contributed by atoms with Gasteiger partial charge in [-0.1, -0.05) is 17.7 Å². The maximum absolute atomic E-state index is 10.7. The van der Waals surface area contributed by atoms with Gasteiger partial charge in [0.05, 0.1) is 22.9 Å². The zero-order chi connectivity index (χ0) is 13.8. The number of carboxylic acid groups (broad SMARTS) is 1. The summed E-state index contributed by atoms with van der Waals surface area (Å²) in [5, 5.41) is 15.2. The summed E-state index contributed by atoms with van der Waals surface area (Å²) in [7, 11) is 0. The van der Waals surface area contributed by atoms with Crippen LogP contribution in [0.25, 0.3) is 0 Å². The molecule has 0 fully saturated rings. The average Bonchev–Trinajstić information content (AvgIpc) is 2.77. The lowest BCUT2D eigenvalue weighted by atomic mass is 10.2. The second-order valence-corrected chi connectivity index (χ2v) is 5.53. The molecule has 98 valence electrons. The van der Waals surface area contributed by atoms with E-state index in [9.17, 15) is 9.90 Å². The van der Waals surface area contributed by atoms with Crippen molar-refractivity contribution in [3.63, 3.8) is 0 Å². The number of carbonyl (C=O) groups is 1. The van der Waals surface area contributed by atoms with Crippen LogP contribution in [0.5, 0.6) is 0 Å². The molecule has 2 rings (SSSR count). The van der Waals surface area contributed by atoms with Crippen LogP contribution in [0.3, 0.4) is 0 Å². The van der Waals surface area contributed by atoms with E-state index < -0.39 is 5.97 Å². The van der Waals surface area contributed by atoms with Gasteiger partial charge in [-0.15, -0.1) is 11.3 Å². The number of halogens is 1. The van der Waals surface area contributed by atoms with E-state index in [0.717, 1.165) is 4.88 Å². The molecule has 4 nitrogen and oxygen atoms in total. The number of hydrogen-bond donors (Lipinski definition) is 1. The van der Waals surface area contributed by atoms with E-state index >= 15 is 0 Å². The first-order valence-corrected chi connectivity index (χ1v) is 6.62. The Morgan fingerprint density at radius 2 is 2.21 bits per heavy atom. The zero-order valence-electron chi connectivity index (χ0n) is 10.0. The van der Waals surface area contributed by atoms with Crippen molar-refractivity contribution < 1.29 is 9.90 Å². The van der Waals surface area contributed by atoms with Crippen molar-refractivity contribution >= 4 is 40.8 Å². The molecule has 0 aliphatic carbocycles. The van der Waals surface area contributed by atoms with Gasteiger partial charge in [0, 0.05) is 9.75 Å². The van der Waals surface area contributed by atoms with E-state index in [2.05, 4.69) is 10.5 Å². The number of nitrogens with one attached hydrogen (secondary N) is 1. The highest BCUT2D eigenvalue weighted by Gasteiger charge is 2.01. The molecule has 1 aromatic carbocycles. The summed E-state index contributed by atoms with van der Waals surface area (Å²) in [6.07, 6.45) is 1.65. The first-order chi connectivity index (χ1) is 9.06. The Bertz CT molecular complexity index is 637. The van der Waals surface area contributed by atoms with E-state index in [0.29, 0.717) is 10.7 Å². The largest absolute Gasteiger partial charge is 0.545 e. The lowest BCUT2D eigenvalue weighted by Gasteiger charge is -2.07. The molecule has 0 unspecified atom stereocenters. The molecule has 0 bridgehead atoms. The Hall–Kier alpha value is -1.85. The molecule has 19 heavy (non-hydrogen) atoms. The van der Waals surface area contributed by atoms with Gasteiger partial charge in [-0.2, -0.15) is 5.10 Å². The highest BCUT2D eigenvalue weighted by atomic mass is 35.5. The lowest BCUT2D eigenvalue weighted by Crippen LogP contribution is -2.22. The molecular weight excluding hydrogens is 284 g/mol. The van der Waals surface area contributed by atoms with Crippen molar-refractivity contribution in [2.75, 3.05) is 5.43 Å². The van der Waals surface area contributed by atoms with Crippen LogP contribution in [0.2, 0.25) is 5.02 Å². The van der Waals surface area contributed by atoms with Crippen LogP contribution in [-0.2, 0) is 0 Å². The van der Waals surface area contributed by atoms with E-state index in [4.69, 9.17) is 11.6 Å². The first-order valence-electron chi connectivity index (χ1n) is 5.42. The normalized spacial score (nSPS) is 10.8. The molecule has 6 heteroatoms. The van der Waals surface area contributed by atoms with Crippen molar-refractivity contribution in [3.8, 4) is 0 Å². The minimum atomic E-state index is -1.25. The number of aryl methyl sites for hydroxylation is 1. The summed E-state index contributed by atoms with van der Waals surface area (Å²) in [6, 6.07) is 8.20. The third-order valence-electron chi connectivity index (χ3n) is 2.34. The van der Waals surface area contributed by atoms with Crippen LogP contribution >= 0.6 is 22.9 Å². The number of aromatic carboxylic acids is 1. The fourth-order valence-corrected chi connectivity index (χ4v) is 2.34. The second-order valence-electron chi connectivity index (χ2n) is 3.80. The molecule has 1 N–H and O–H groups in total. The van der Waals surface area contributed by atoms with Gasteiger partial charge in [-0.3, -0.25) is 5.43 Å². The monoisotopic (exact) mass is 293 g/mol. The minimum Gasteiger partial charge on any atom is -0.545 e. The standard InChI is InChI=1S/C13H11ClN2O2S/c1-8-2-4-10(19-8)7-15-16-12-6-9(13(17)18)3-5-11(12)14/h2-7,16H,1H3,(H,17,18)/p-1/b15-7-. The summed E-state index contributed by atoms with van der Waals surface area (Å²) in [4.78, 5) is 12.9. The Morgan fingerprint density at radius 1 is 1.42 bits per heavy atom. The Balaban J connectivity index is 2.12.